The van der Waals surface area contributed by atoms with Gasteiger partial charge in [0.1, 0.15) is 5.60 Å². The van der Waals surface area contributed by atoms with Gasteiger partial charge < -0.3 is 4.74 Å². The molecule has 3 heteroatoms. The number of alkyl halides is 1. The van der Waals surface area contributed by atoms with Gasteiger partial charge in [0.25, 0.3) is 0 Å². The number of esters is 1. The van der Waals surface area contributed by atoms with E-state index in [9.17, 15) is 4.79 Å². The van der Waals surface area contributed by atoms with Crippen LogP contribution in [0.25, 0.3) is 0 Å². The molecule has 0 radical (unpaired) electrons. The summed E-state index contributed by atoms with van der Waals surface area (Å²) in [6.45, 7) is 1.81. The first-order chi connectivity index (χ1) is 6.22. The Hall–Kier alpha value is -0.240. The van der Waals surface area contributed by atoms with E-state index in [-0.39, 0.29) is 11.6 Å². The Bertz CT molecular complexity index is 174. The highest BCUT2D eigenvalue weighted by Crippen LogP contribution is 2.32. The van der Waals surface area contributed by atoms with E-state index in [0.29, 0.717) is 12.3 Å². The van der Waals surface area contributed by atoms with Gasteiger partial charge in [-0.15, -0.1) is 11.6 Å². The lowest BCUT2D eigenvalue weighted by atomic mass is 9.86. The first-order valence-electron chi connectivity index (χ1n) is 5.00. The van der Waals surface area contributed by atoms with Gasteiger partial charge in [0.05, 0.1) is 5.88 Å². The van der Waals surface area contributed by atoms with E-state index >= 15 is 0 Å². The molecule has 76 valence electrons. The minimum Gasteiger partial charge on any atom is -0.458 e. The molecule has 0 N–H and O–H groups in total. The Morgan fingerprint density at radius 1 is 1.38 bits per heavy atom. The zero-order valence-corrected chi connectivity index (χ0v) is 8.90. The number of hydrogen-bond donors (Lipinski definition) is 0. The van der Waals surface area contributed by atoms with E-state index in [4.69, 9.17) is 16.3 Å². The highest BCUT2D eigenvalue weighted by Gasteiger charge is 2.34. The minimum absolute atomic E-state index is 0.123. The van der Waals surface area contributed by atoms with Crippen molar-refractivity contribution in [3.8, 4) is 0 Å². The van der Waals surface area contributed by atoms with Crippen molar-refractivity contribution in [3.63, 3.8) is 0 Å². The fraction of sp³-hybridized carbons (Fsp3) is 0.900. The lowest BCUT2D eigenvalue weighted by Crippen LogP contribution is -2.38. The third kappa shape index (κ3) is 2.87. The Morgan fingerprint density at radius 3 is 2.46 bits per heavy atom. The third-order valence-corrected chi connectivity index (χ3v) is 3.11. The number of carbonyl (C=O) groups is 1. The Morgan fingerprint density at radius 2 is 2.00 bits per heavy atom. The predicted molar refractivity (Wildman–Crippen MR) is 52.9 cm³/mol. The summed E-state index contributed by atoms with van der Waals surface area (Å²) >= 11 is 5.86. The number of hydrogen-bond acceptors (Lipinski definition) is 2. The molecule has 1 aliphatic rings. The van der Waals surface area contributed by atoms with Crippen LogP contribution in [-0.4, -0.2) is 17.5 Å². The normalized spacial score (nSPS) is 21.1. The van der Waals surface area contributed by atoms with Gasteiger partial charge >= 0.3 is 5.97 Å². The van der Waals surface area contributed by atoms with Crippen molar-refractivity contribution in [1.82, 2.24) is 0 Å². The van der Waals surface area contributed by atoms with Crippen LogP contribution in [0.5, 0.6) is 0 Å². The van der Waals surface area contributed by atoms with Gasteiger partial charge in [-0.25, -0.2) is 0 Å². The maximum absolute atomic E-state index is 11.2. The lowest BCUT2D eigenvalue weighted by molar-refractivity contribution is -0.160. The number of rotatable bonds is 3. The summed E-state index contributed by atoms with van der Waals surface area (Å²) in [5, 5.41) is 0. The molecule has 0 aromatic carbocycles. The SMILES string of the molecule is CCC(=O)OC1(CCl)CCCCC1. The largest absolute Gasteiger partial charge is 0.458 e. The Kier molecular flexibility index (Phi) is 4.04. The van der Waals surface area contributed by atoms with Gasteiger partial charge in [0.2, 0.25) is 0 Å². The second kappa shape index (κ2) is 4.85. The van der Waals surface area contributed by atoms with Crippen LogP contribution < -0.4 is 0 Å². The number of halogens is 1. The standard InChI is InChI=1S/C10H17ClO2/c1-2-9(12)13-10(8-11)6-4-3-5-7-10/h2-8H2,1H3. The van der Waals surface area contributed by atoms with Gasteiger partial charge in [-0.1, -0.05) is 13.3 Å². The molecule has 13 heavy (non-hydrogen) atoms. The highest BCUT2D eigenvalue weighted by atomic mass is 35.5. The summed E-state index contributed by atoms with van der Waals surface area (Å²) in [4.78, 5) is 11.2. The smallest absolute Gasteiger partial charge is 0.306 e. The summed E-state index contributed by atoms with van der Waals surface area (Å²) < 4.78 is 5.41. The third-order valence-electron chi connectivity index (χ3n) is 2.63. The lowest BCUT2D eigenvalue weighted by Gasteiger charge is -2.34. The predicted octanol–water partition coefficient (Wildman–Crippen LogP) is 2.88. The second-order valence-corrected chi connectivity index (χ2v) is 3.97. The molecule has 0 amide bonds. The van der Waals surface area contributed by atoms with Crippen molar-refractivity contribution < 1.29 is 9.53 Å². The van der Waals surface area contributed by atoms with Gasteiger partial charge in [0.15, 0.2) is 0 Å². The Labute approximate surface area is 84.6 Å². The van der Waals surface area contributed by atoms with Crippen molar-refractivity contribution in [1.29, 1.82) is 0 Å². The second-order valence-electron chi connectivity index (χ2n) is 3.70. The maximum Gasteiger partial charge on any atom is 0.306 e. The van der Waals surface area contributed by atoms with Crippen LogP contribution in [0.15, 0.2) is 0 Å². The van der Waals surface area contributed by atoms with Crippen molar-refractivity contribution in [2.24, 2.45) is 0 Å². The van der Waals surface area contributed by atoms with E-state index in [1.807, 2.05) is 6.92 Å². The topological polar surface area (TPSA) is 26.3 Å². The number of ether oxygens (including phenoxy) is 1. The minimum atomic E-state index is -0.340. The highest BCUT2D eigenvalue weighted by molar-refractivity contribution is 6.18. The van der Waals surface area contributed by atoms with Crippen LogP contribution in [0.2, 0.25) is 0 Å². The molecule has 1 fully saturated rings. The van der Waals surface area contributed by atoms with E-state index in [1.165, 1.54) is 6.42 Å². The van der Waals surface area contributed by atoms with E-state index < -0.39 is 0 Å². The van der Waals surface area contributed by atoms with E-state index in [2.05, 4.69) is 0 Å². The van der Waals surface area contributed by atoms with Crippen LogP contribution in [0.4, 0.5) is 0 Å². The fourth-order valence-electron chi connectivity index (χ4n) is 1.77. The zero-order valence-electron chi connectivity index (χ0n) is 8.14. The molecule has 0 unspecified atom stereocenters. The van der Waals surface area contributed by atoms with E-state index in [1.54, 1.807) is 0 Å². The molecular formula is C10H17ClO2. The molecule has 1 saturated carbocycles. The van der Waals surface area contributed by atoms with Crippen LogP contribution in [-0.2, 0) is 9.53 Å². The molecule has 2 nitrogen and oxygen atoms in total. The average Bonchev–Trinajstić information content (AvgIpc) is 2.19. The quantitative estimate of drug-likeness (QED) is 0.522. The van der Waals surface area contributed by atoms with Gasteiger partial charge in [-0.3, -0.25) is 4.79 Å². The van der Waals surface area contributed by atoms with E-state index in [0.717, 1.165) is 25.7 Å². The zero-order chi connectivity index (χ0) is 9.73. The molecule has 0 heterocycles. The summed E-state index contributed by atoms with van der Waals surface area (Å²) in [7, 11) is 0. The molecule has 0 saturated heterocycles. The number of carbonyl (C=O) groups excluding carboxylic acids is 1. The molecule has 0 atom stereocenters. The summed E-state index contributed by atoms with van der Waals surface area (Å²) in [6.07, 6.45) is 5.80. The first-order valence-corrected chi connectivity index (χ1v) is 5.54. The van der Waals surface area contributed by atoms with Crippen molar-refractivity contribution >= 4 is 17.6 Å². The van der Waals surface area contributed by atoms with Crippen LogP contribution >= 0.6 is 11.6 Å². The molecule has 0 bridgehead atoms. The maximum atomic E-state index is 11.2. The Balaban J connectivity index is 2.52. The van der Waals surface area contributed by atoms with Gasteiger partial charge in [-0.2, -0.15) is 0 Å². The molecule has 1 aliphatic carbocycles. The monoisotopic (exact) mass is 204 g/mol. The first kappa shape index (κ1) is 10.8. The molecule has 0 aliphatic heterocycles. The summed E-state index contributed by atoms with van der Waals surface area (Å²) in [6, 6.07) is 0. The van der Waals surface area contributed by atoms with Crippen LogP contribution in [0.1, 0.15) is 45.4 Å². The summed E-state index contributed by atoms with van der Waals surface area (Å²) in [5.74, 6) is 0.321. The average molecular weight is 205 g/mol. The molecule has 0 aromatic heterocycles. The van der Waals surface area contributed by atoms with Crippen LogP contribution in [0, 0.1) is 0 Å². The molecule has 1 rings (SSSR count). The van der Waals surface area contributed by atoms with Crippen molar-refractivity contribution in [2.45, 2.75) is 51.0 Å². The molecular weight excluding hydrogens is 188 g/mol. The van der Waals surface area contributed by atoms with Crippen molar-refractivity contribution in [3.05, 3.63) is 0 Å². The van der Waals surface area contributed by atoms with Crippen molar-refractivity contribution in [2.75, 3.05) is 5.88 Å². The molecule has 0 aromatic rings. The molecule has 0 spiro atoms. The van der Waals surface area contributed by atoms with Gasteiger partial charge in [0, 0.05) is 6.42 Å². The van der Waals surface area contributed by atoms with Gasteiger partial charge in [-0.05, 0) is 25.7 Å². The van der Waals surface area contributed by atoms with Crippen LogP contribution in [0.3, 0.4) is 0 Å². The fourth-order valence-corrected chi connectivity index (χ4v) is 2.09. The summed E-state index contributed by atoms with van der Waals surface area (Å²) in [5.41, 5.74) is -0.340.